The summed E-state index contributed by atoms with van der Waals surface area (Å²) in [6.07, 6.45) is 0. The molecule has 0 N–H and O–H groups in total. The quantitative estimate of drug-likeness (QED) is 0.175. The number of para-hydroxylation sites is 4. The van der Waals surface area contributed by atoms with E-state index in [9.17, 15) is 0 Å². The monoisotopic (exact) mass is 677 g/mol. The molecule has 5 heteroatoms. The Balaban J connectivity index is 1.00. The van der Waals surface area contributed by atoms with Crippen molar-refractivity contribution in [2.45, 2.75) is 0 Å². The molecule has 0 aliphatic carbocycles. The van der Waals surface area contributed by atoms with E-state index in [4.69, 9.17) is 13.8 Å². The van der Waals surface area contributed by atoms with Crippen molar-refractivity contribution in [3.63, 3.8) is 0 Å². The fourth-order valence-corrected chi connectivity index (χ4v) is 8.64. The first-order chi connectivity index (χ1) is 26.2. The molecule has 10 aromatic rings. The molecule has 246 valence electrons. The first-order valence-electron chi connectivity index (χ1n) is 18.0. The van der Waals surface area contributed by atoms with Crippen molar-refractivity contribution in [1.29, 1.82) is 0 Å². The van der Waals surface area contributed by atoms with Gasteiger partial charge in [0.05, 0.1) is 11.0 Å². The van der Waals surface area contributed by atoms with Crippen LogP contribution >= 0.6 is 0 Å². The molecule has 0 atom stereocenters. The third kappa shape index (κ3) is 4.19. The van der Waals surface area contributed by atoms with Gasteiger partial charge in [-0.25, -0.2) is 0 Å². The maximum Gasteiger partial charge on any atom is 0.434 e. The molecular formula is C48H28BNO3. The van der Waals surface area contributed by atoms with E-state index in [1.807, 2.05) is 18.2 Å². The van der Waals surface area contributed by atoms with Gasteiger partial charge in [-0.15, -0.1) is 0 Å². The van der Waals surface area contributed by atoms with E-state index in [2.05, 4.69) is 156 Å². The summed E-state index contributed by atoms with van der Waals surface area (Å²) >= 11 is 0. The van der Waals surface area contributed by atoms with Crippen LogP contribution in [0, 0.1) is 0 Å². The van der Waals surface area contributed by atoms with Crippen LogP contribution in [-0.4, -0.2) is 11.5 Å². The molecule has 0 unspecified atom stereocenters. The second-order valence-corrected chi connectivity index (χ2v) is 14.0. The molecule has 0 saturated heterocycles. The van der Waals surface area contributed by atoms with E-state index >= 15 is 0 Å². The van der Waals surface area contributed by atoms with Crippen LogP contribution in [0.25, 0.3) is 82.8 Å². The van der Waals surface area contributed by atoms with Crippen LogP contribution in [0.4, 0.5) is 0 Å². The van der Waals surface area contributed by atoms with Gasteiger partial charge in [0.25, 0.3) is 0 Å². The highest BCUT2D eigenvalue weighted by atomic mass is 16.5. The van der Waals surface area contributed by atoms with Gasteiger partial charge < -0.3 is 18.4 Å². The van der Waals surface area contributed by atoms with Gasteiger partial charge in [-0.2, -0.15) is 0 Å². The fraction of sp³-hybridized carbons (Fsp3) is 0. The minimum absolute atomic E-state index is 0.290. The van der Waals surface area contributed by atoms with Crippen molar-refractivity contribution in [2.24, 2.45) is 0 Å². The van der Waals surface area contributed by atoms with Gasteiger partial charge in [-0.1, -0.05) is 103 Å². The maximum atomic E-state index is 6.95. The van der Waals surface area contributed by atoms with Crippen LogP contribution in [0.15, 0.2) is 174 Å². The number of hydrogen-bond acceptors (Lipinski definition) is 3. The number of ether oxygens (including phenoxy) is 1. The van der Waals surface area contributed by atoms with Crippen LogP contribution in [0.2, 0.25) is 0 Å². The number of benzene rings is 8. The van der Waals surface area contributed by atoms with Crippen molar-refractivity contribution < 1.29 is 13.8 Å². The first kappa shape index (κ1) is 28.7. The van der Waals surface area contributed by atoms with Gasteiger partial charge in [0.15, 0.2) is 0 Å². The summed E-state index contributed by atoms with van der Waals surface area (Å²) in [5.41, 5.74) is 13.9. The van der Waals surface area contributed by atoms with Crippen molar-refractivity contribution in [3.05, 3.63) is 170 Å². The second kappa shape index (κ2) is 10.8. The fourth-order valence-electron chi connectivity index (χ4n) is 8.64. The normalized spacial score (nSPS) is 12.8. The third-order valence-corrected chi connectivity index (χ3v) is 11.1. The smallest absolute Gasteiger partial charge is 0.434 e. The molecule has 0 amide bonds. The molecule has 2 aliphatic heterocycles. The molecular weight excluding hydrogens is 649 g/mol. The van der Waals surface area contributed by atoms with E-state index in [1.165, 1.54) is 10.8 Å². The Bertz CT molecular complexity index is 3100. The molecule has 2 aliphatic rings. The third-order valence-electron chi connectivity index (χ3n) is 11.1. The van der Waals surface area contributed by atoms with Gasteiger partial charge in [0.2, 0.25) is 0 Å². The van der Waals surface area contributed by atoms with Crippen LogP contribution < -0.4 is 20.3 Å². The Labute approximate surface area is 305 Å². The number of hydrogen-bond donors (Lipinski definition) is 0. The zero-order valence-electron chi connectivity index (χ0n) is 28.4. The van der Waals surface area contributed by atoms with Crippen LogP contribution in [0.5, 0.6) is 17.2 Å². The topological polar surface area (TPSA) is 36.5 Å². The van der Waals surface area contributed by atoms with Crippen molar-refractivity contribution in [2.75, 3.05) is 0 Å². The summed E-state index contributed by atoms with van der Waals surface area (Å²) in [7, 11) is 0. The van der Waals surface area contributed by atoms with Crippen molar-refractivity contribution >= 4 is 61.6 Å². The summed E-state index contributed by atoms with van der Waals surface area (Å²) in [6, 6.07) is 60.0. The summed E-state index contributed by atoms with van der Waals surface area (Å²) in [4.78, 5) is 0. The number of fused-ring (bicyclic) bond motifs is 10. The molecule has 0 bridgehead atoms. The SMILES string of the molecule is c1cc(-c2cc3c4c(c2)-c2ccccc2OB4c2ccc(-n4c5ccccc5c5ccccc54)cc2O3)cc(-c2ccc3c(c2)oc2ccccc23)c1. The minimum atomic E-state index is -0.290. The molecule has 0 radical (unpaired) electrons. The lowest BCUT2D eigenvalue weighted by Gasteiger charge is -2.33. The van der Waals surface area contributed by atoms with Crippen molar-refractivity contribution in [3.8, 4) is 56.3 Å². The van der Waals surface area contributed by atoms with E-state index < -0.39 is 0 Å². The van der Waals surface area contributed by atoms with Crippen LogP contribution in [-0.2, 0) is 0 Å². The predicted molar refractivity (Wildman–Crippen MR) is 217 cm³/mol. The molecule has 8 aromatic carbocycles. The largest absolute Gasteiger partial charge is 0.551 e. The van der Waals surface area contributed by atoms with Gasteiger partial charge in [-0.05, 0) is 88.5 Å². The summed E-state index contributed by atoms with van der Waals surface area (Å²) < 4.78 is 22.3. The average molecular weight is 678 g/mol. The zero-order chi connectivity index (χ0) is 34.6. The van der Waals surface area contributed by atoms with E-state index in [0.29, 0.717) is 0 Å². The lowest BCUT2D eigenvalue weighted by atomic mass is 9.50. The van der Waals surface area contributed by atoms with Gasteiger partial charge in [-0.3, -0.25) is 0 Å². The Morgan fingerprint density at radius 3 is 1.96 bits per heavy atom. The van der Waals surface area contributed by atoms with Gasteiger partial charge in [0, 0.05) is 49.8 Å². The molecule has 2 aromatic heterocycles. The molecule has 0 spiro atoms. The standard InChI is InChI=1S/C48H28BNO3/c1-5-16-41-34(12-1)35-13-2-6-17-42(35)50(41)33-21-23-40-46(28-33)52-47-27-32(25-39-37-15-4-8-19-44(37)53-49(40)48(39)47)30-11-9-10-29(24-30)31-20-22-38-36-14-3-7-18-43(36)51-45(38)26-31/h1-28H. The van der Waals surface area contributed by atoms with Crippen LogP contribution in [0.1, 0.15) is 0 Å². The first-order valence-corrected chi connectivity index (χ1v) is 18.0. The van der Waals surface area contributed by atoms with Crippen LogP contribution in [0.3, 0.4) is 0 Å². The minimum Gasteiger partial charge on any atom is -0.551 e. The highest BCUT2D eigenvalue weighted by molar-refractivity contribution is 6.84. The molecule has 0 fully saturated rings. The number of aromatic nitrogens is 1. The molecule has 0 saturated carbocycles. The van der Waals surface area contributed by atoms with E-state index in [1.54, 1.807) is 0 Å². The molecule has 4 heterocycles. The second-order valence-electron chi connectivity index (χ2n) is 14.0. The molecule has 53 heavy (non-hydrogen) atoms. The number of rotatable bonds is 3. The maximum absolute atomic E-state index is 6.95. The Kier molecular flexibility index (Phi) is 5.83. The molecule has 12 rings (SSSR count). The number of nitrogens with zero attached hydrogens (tertiary/aromatic N) is 1. The average Bonchev–Trinajstić information content (AvgIpc) is 3.76. The Morgan fingerprint density at radius 2 is 1.11 bits per heavy atom. The lowest BCUT2D eigenvalue weighted by Crippen LogP contribution is -2.53. The lowest BCUT2D eigenvalue weighted by molar-refractivity contribution is 0.479. The molecule has 4 nitrogen and oxygen atoms in total. The van der Waals surface area contributed by atoms with Crippen molar-refractivity contribution in [1.82, 2.24) is 4.57 Å². The van der Waals surface area contributed by atoms with E-state index in [-0.39, 0.29) is 6.92 Å². The number of furan rings is 1. The summed E-state index contributed by atoms with van der Waals surface area (Å²) in [5, 5.41) is 4.72. The highest BCUT2D eigenvalue weighted by Crippen LogP contribution is 2.43. The zero-order valence-corrected chi connectivity index (χ0v) is 28.4. The van der Waals surface area contributed by atoms with E-state index in [0.717, 1.165) is 100 Å². The predicted octanol–water partition coefficient (Wildman–Crippen LogP) is 11.3. The summed E-state index contributed by atoms with van der Waals surface area (Å²) in [6.45, 7) is -0.290. The van der Waals surface area contributed by atoms with Gasteiger partial charge in [0.1, 0.15) is 28.4 Å². The summed E-state index contributed by atoms with van der Waals surface area (Å²) in [5.74, 6) is 2.50. The Morgan fingerprint density at radius 1 is 0.415 bits per heavy atom. The highest BCUT2D eigenvalue weighted by Gasteiger charge is 2.41. The van der Waals surface area contributed by atoms with Gasteiger partial charge >= 0.3 is 6.92 Å². The Hall–Kier alpha value is -6.98.